The highest BCUT2D eigenvalue weighted by molar-refractivity contribution is 6.37. The summed E-state index contributed by atoms with van der Waals surface area (Å²) in [5, 5.41) is 7.67. The Morgan fingerprint density at radius 2 is 1.57 bits per heavy atom. The molecule has 0 radical (unpaired) electrons. The van der Waals surface area contributed by atoms with Gasteiger partial charge >= 0.3 is 12.0 Å². The van der Waals surface area contributed by atoms with Gasteiger partial charge in [-0.25, -0.2) is 4.79 Å². The fraction of sp³-hybridized carbons (Fsp3) is 0.786. The number of amides is 5. The van der Waals surface area contributed by atoms with Crippen LogP contribution in [0.25, 0.3) is 0 Å². The molecule has 3 unspecified atom stereocenters. The van der Waals surface area contributed by atoms with E-state index in [4.69, 9.17) is 10.5 Å². The molecule has 3 atom stereocenters. The molecular weight excluding hydrogens is 518 g/mol. The minimum atomic E-state index is -1.11. The molecule has 2 aliphatic rings. The highest BCUT2D eigenvalue weighted by atomic mass is 16.5. The third-order valence-corrected chi connectivity index (χ3v) is 6.66. The maximum absolute atomic E-state index is 13.6. The van der Waals surface area contributed by atoms with E-state index in [1.54, 1.807) is 34.6 Å². The van der Waals surface area contributed by atoms with Gasteiger partial charge in [0.1, 0.15) is 18.6 Å². The summed E-state index contributed by atoms with van der Waals surface area (Å²) in [6.45, 7) is 12.9. The van der Waals surface area contributed by atoms with Crippen molar-refractivity contribution in [3.8, 4) is 0 Å². The number of ketones is 1. The third-order valence-electron chi connectivity index (χ3n) is 6.66. The Hall–Kier alpha value is -3.18. The van der Waals surface area contributed by atoms with Crippen molar-refractivity contribution in [1.82, 2.24) is 20.9 Å². The minimum absolute atomic E-state index is 0.237. The van der Waals surface area contributed by atoms with Crippen LogP contribution in [0.1, 0.15) is 93.4 Å². The number of nitrogens with one attached hydrogen (secondary N) is 3. The SMILES string of the molecule is CC(C)OC(=O)CNC(=O)NC(C(=O)N1CCCC1C(=O)NC(CC1CCC1)C(=O)C(N)=O)C(C)(C)C.CCC. The van der Waals surface area contributed by atoms with Crippen molar-refractivity contribution in [3.05, 3.63) is 0 Å². The Labute approximate surface area is 237 Å². The summed E-state index contributed by atoms with van der Waals surface area (Å²) >= 11 is 0. The molecule has 1 aliphatic carbocycles. The second kappa shape index (κ2) is 16.2. The smallest absolute Gasteiger partial charge is 0.325 e. The molecular formula is C28H49N5O7. The van der Waals surface area contributed by atoms with Gasteiger partial charge in [-0.2, -0.15) is 0 Å². The Bertz CT molecular complexity index is 911. The van der Waals surface area contributed by atoms with Crippen molar-refractivity contribution in [2.75, 3.05) is 13.1 Å². The van der Waals surface area contributed by atoms with Gasteiger partial charge in [-0.1, -0.05) is 60.3 Å². The predicted molar refractivity (Wildman–Crippen MR) is 150 cm³/mol. The van der Waals surface area contributed by atoms with Crippen molar-refractivity contribution in [2.24, 2.45) is 17.1 Å². The van der Waals surface area contributed by atoms with Gasteiger partial charge in [0, 0.05) is 6.54 Å². The zero-order valence-electron chi connectivity index (χ0n) is 25.1. The van der Waals surface area contributed by atoms with Gasteiger partial charge in [0.05, 0.1) is 12.1 Å². The summed E-state index contributed by atoms with van der Waals surface area (Å²) < 4.78 is 4.99. The number of nitrogens with zero attached hydrogens (tertiary/aromatic N) is 1. The van der Waals surface area contributed by atoms with E-state index in [0.717, 1.165) is 19.3 Å². The molecule has 5 amide bonds. The molecule has 0 bridgehead atoms. The summed E-state index contributed by atoms with van der Waals surface area (Å²) in [5.41, 5.74) is 4.48. The summed E-state index contributed by atoms with van der Waals surface area (Å²) in [6.07, 6.45) is 5.07. The minimum Gasteiger partial charge on any atom is -0.462 e. The van der Waals surface area contributed by atoms with Gasteiger partial charge in [-0.15, -0.1) is 0 Å². The first-order valence-electron chi connectivity index (χ1n) is 14.3. The molecule has 1 aliphatic heterocycles. The molecule has 1 saturated carbocycles. The van der Waals surface area contributed by atoms with Crippen LogP contribution in [0.5, 0.6) is 0 Å². The number of rotatable bonds is 11. The van der Waals surface area contributed by atoms with E-state index in [-0.39, 0.29) is 18.6 Å². The van der Waals surface area contributed by atoms with E-state index in [1.807, 2.05) is 0 Å². The Morgan fingerprint density at radius 3 is 2.05 bits per heavy atom. The Morgan fingerprint density at radius 1 is 0.975 bits per heavy atom. The first-order chi connectivity index (χ1) is 18.6. The molecule has 0 aromatic heterocycles. The largest absolute Gasteiger partial charge is 0.462 e. The highest BCUT2D eigenvalue weighted by Gasteiger charge is 2.43. The monoisotopic (exact) mass is 567 g/mol. The van der Waals surface area contributed by atoms with Gasteiger partial charge in [0.2, 0.25) is 17.6 Å². The molecule has 0 spiro atoms. The van der Waals surface area contributed by atoms with Crippen molar-refractivity contribution >= 4 is 35.5 Å². The van der Waals surface area contributed by atoms with Gasteiger partial charge in [-0.3, -0.25) is 24.0 Å². The highest BCUT2D eigenvalue weighted by Crippen LogP contribution is 2.31. The average Bonchev–Trinajstić information content (AvgIpc) is 3.31. The topological polar surface area (TPSA) is 177 Å². The van der Waals surface area contributed by atoms with Gasteiger partial charge < -0.3 is 31.3 Å². The second-order valence-electron chi connectivity index (χ2n) is 11.9. The first-order valence-corrected chi connectivity index (χ1v) is 14.3. The van der Waals surface area contributed by atoms with Gasteiger partial charge in [-0.05, 0) is 44.4 Å². The molecule has 228 valence electrons. The number of carbonyl (C=O) groups is 6. The molecule has 12 heteroatoms. The number of primary amides is 1. The van der Waals surface area contributed by atoms with Crippen molar-refractivity contribution in [2.45, 2.75) is 118 Å². The van der Waals surface area contributed by atoms with Crippen LogP contribution in [0, 0.1) is 11.3 Å². The van der Waals surface area contributed by atoms with Gasteiger partial charge in [0.25, 0.3) is 5.91 Å². The quantitative estimate of drug-likeness (QED) is 0.217. The van der Waals surface area contributed by atoms with Crippen LogP contribution in [0.15, 0.2) is 0 Å². The number of ether oxygens (including phenoxy) is 1. The zero-order chi connectivity index (χ0) is 30.6. The summed E-state index contributed by atoms with van der Waals surface area (Å²) in [6, 6.07) is -3.60. The number of hydrogen-bond acceptors (Lipinski definition) is 7. The number of likely N-dealkylation sites (tertiary alicyclic amines) is 1. The number of Topliss-reactive ketones (excluding diaryl/α,β-unsaturated/α-hetero) is 1. The molecule has 5 N–H and O–H groups in total. The lowest BCUT2D eigenvalue weighted by Gasteiger charge is -2.36. The zero-order valence-corrected chi connectivity index (χ0v) is 25.1. The number of carbonyl (C=O) groups excluding carboxylic acids is 6. The fourth-order valence-corrected chi connectivity index (χ4v) is 4.49. The van der Waals surface area contributed by atoms with E-state index in [9.17, 15) is 28.8 Å². The fourth-order valence-electron chi connectivity index (χ4n) is 4.49. The van der Waals surface area contributed by atoms with Crippen LogP contribution in [0.4, 0.5) is 4.79 Å². The van der Waals surface area contributed by atoms with Crippen molar-refractivity contribution in [3.63, 3.8) is 0 Å². The van der Waals surface area contributed by atoms with E-state index in [2.05, 4.69) is 29.8 Å². The summed E-state index contributed by atoms with van der Waals surface area (Å²) in [4.78, 5) is 76.2. The lowest BCUT2D eigenvalue weighted by Crippen LogP contribution is -2.60. The molecule has 1 heterocycles. The van der Waals surface area contributed by atoms with Gasteiger partial charge in [0.15, 0.2) is 0 Å². The molecule has 2 fully saturated rings. The van der Waals surface area contributed by atoms with Crippen LogP contribution in [0.2, 0.25) is 0 Å². The van der Waals surface area contributed by atoms with Crippen molar-refractivity contribution in [1.29, 1.82) is 0 Å². The predicted octanol–water partition coefficient (Wildman–Crippen LogP) is 1.79. The molecule has 12 nitrogen and oxygen atoms in total. The molecule has 0 aromatic rings. The second-order valence-corrected chi connectivity index (χ2v) is 11.9. The van der Waals surface area contributed by atoms with Crippen LogP contribution < -0.4 is 21.7 Å². The van der Waals surface area contributed by atoms with E-state index < -0.39 is 59.0 Å². The van der Waals surface area contributed by atoms with Crippen LogP contribution in [-0.4, -0.2) is 77.7 Å². The van der Waals surface area contributed by atoms with Crippen LogP contribution in [0.3, 0.4) is 0 Å². The van der Waals surface area contributed by atoms with E-state index >= 15 is 0 Å². The number of urea groups is 1. The van der Waals surface area contributed by atoms with E-state index in [1.165, 1.54) is 11.3 Å². The Balaban J connectivity index is 0.00000254. The lowest BCUT2D eigenvalue weighted by atomic mass is 9.80. The number of esters is 1. The average molecular weight is 568 g/mol. The summed E-state index contributed by atoms with van der Waals surface area (Å²) in [5.74, 6) is -3.31. The third kappa shape index (κ3) is 11.1. The van der Waals surface area contributed by atoms with Crippen LogP contribution in [-0.2, 0) is 28.7 Å². The molecule has 2 rings (SSSR count). The number of nitrogens with two attached hydrogens (primary N) is 1. The normalized spacial score (nSPS) is 18.4. The molecule has 0 aromatic carbocycles. The van der Waals surface area contributed by atoms with Crippen LogP contribution >= 0.6 is 0 Å². The molecule has 1 saturated heterocycles. The van der Waals surface area contributed by atoms with E-state index in [0.29, 0.717) is 25.8 Å². The summed E-state index contributed by atoms with van der Waals surface area (Å²) in [7, 11) is 0. The maximum atomic E-state index is 13.6. The standard InChI is InChI=1S/C25H41N5O7.C3H8/c1-14(2)37-18(31)13-27-24(36)29-20(25(3,4)5)23(35)30-11-7-10-17(30)22(34)28-16(19(32)21(26)33)12-15-8-6-9-15;1-3-2/h14-17,20H,6-13H2,1-5H3,(H2,26,33)(H,28,34)(H2,27,29,36);3H2,1-2H3. The lowest BCUT2D eigenvalue weighted by molar-refractivity contribution is -0.146. The Kier molecular flexibility index (Phi) is 14.1. The molecule has 40 heavy (non-hydrogen) atoms. The van der Waals surface area contributed by atoms with Crippen molar-refractivity contribution < 1.29 is 33.5 Å². The number of hydrogen-bond donors (Lipinski definition) is 4. The first kappa shape index (κ1) is 34.8. The maximum Gasteiger partial charge on any atom is 0.325 e.